The number of carbonyl (C=O) groups is 2. The van der Waals surface area contributed by atoms with E-state index < -0.39 is 5.97 Å². The Hall–Kier alpha value is -4.01. The molecule has 9 heteroatoms. The number of anilines is 1. The number of esters is 1. The molecule has 3 heterocycles. The molecule has 0 fully saturated rings. The largest absolute Gasteiger partial charge is 0.461 e. The summed E-state index contributed by atoms with van der Waals surface area (Å²) in [6.45, 7) is 5.99. The number of ether oxygens (including phenoxy) is 1. The molecule has 158 valence electrons. The quantitative estimate of drug-likeness (QED) is 0.471. The van der Waals surface area contributed by atoms with Gasteiger partial charge in [-0.3, -0.25) is 4.79 Å². The number of fused-ring (bicyclic) bond motifs is 1. The average Bonchev–Trinajstić information content (AvgIpc) is 3.41. The molecule has 0 aliphatic heterocycles. The number of hydrogen-bond donors (Lipinski definition) is 1. The Kier molecular flexibility index (Phi) is 5.48. The van der Waals surface area contributed by atoms with E-state index in [1.165, 1.54) is 10.9 Å². The Morgan fingerprint density at radius 2 is 2.03 bits per heavy atom. The molecule has 0 unspecified atom stereocenters. The van der Waals surface area contributed by atoms with Crippen molar-refractivity contribution in [1.82, 2.24) is 19.9 Å². The van der Waals surface area contributed by atoms with E-state index in [0.29, 0.717) is 28.0 Å². The van der Waals surface area contributed by atoms with Gasteiger partial charge < -0.3 is 14.6 Å². The molecular weight excluding hydrogens is 398 g/mol. The van der Waals surface area contributed by atoms with E-state index in [9.17, 15) is 9.59 Å². The number of carbonyl (C=O) groups excluding carboxylic acids is 2. The van der Waals surface area contributed by atoms with E-state index in [0.717, 1.165) is 5.69 Å². The predicted octanol–water partition coefficient (Wildman–Crippen LogP) is 3.96. The van der Waals surface area contributed by atoms with Gasteiger partial charge in [0.1, 0.15) is 0 Å². The lowest BCUT2D eigenvalue weighted by Gasteiger charge is -2.11. The lowest BCUT2D eigenvalue weighted by Crippen LogP contribution is -2.14. The minimum Gasteiger partial charge on any atom is -0.461 e. The van der Waals surface area contributed by atoms with Crippen molar-refractivity contribution in [3.8, 4) is 5.69 Å². The SMILES string of the molecule is CCOC(=O)c1ccn(-c2ccccc2NC(=O)c2cnc3onc(C(C)C)c3c2)n1. The van der Waals surface area contributed by atoms with Crippen LogP contribution in [0.4, 0.5) is 5.69 Å². The maximum atomic E-state index is 12.9. The highest BCUT2D eigenvalue weighted by Gasteiger charge is 2.17. The van der Waals surface area contributed by atoms with Gasteiger partial charge in [0.2, 0.25) is 0 Å². The smallest absolute Gasteiger partial charge is 0.358 e. The number of pyridine rings is 1. The van der Waals surface area contributed by atoms with Crippen molar-refractivity contribution in [2.45, 2.75) is 26.7 Å². The molecule has 9 nitrogen and oxygen atoms in total. The number of aromatic nitrogens is 4. The summed E-state index contributed by atoms with van der Waals surface area (Å²) in [5.41, 5.74) is 2.84. The second-order valence-electron chi connectivity index (χ2n) is 7.14. The van der Waals surface area contributed by atoms with Gasteiger partial charge in [-0.1, -0.05) is 31.1 Å². The third-order valence-corrected chi connectivity index (χ3v) is 4.64. The van der Waals surface area contributed by atoms with Crippen molar-refractivity contribution in [1.29, 1.82) is 0 Å². The highest BCUT2D eigenvalue weighted by Crippen LogP contribution is 2.25. The van der Waals surface area contributed by atoms with Crippen LogP contribution >= 0.6 is 0 Å². The number of amides is 1. The maximum Gasteiger partial charge on any atom is 0.358 e. The molecule has 4 aromatic rings. The molecule has 1 amide bonds. The van der Waals surface area contributed by atoms with Crippen LogP contribution in [0.5, 0.6) is 0 Å². The average molecular weight is 419 g/mol. The van der Waals surface area contributed by atoms with Gasteiger partial charge in [-0.2, -0.15) is 5.10 Å². The zero-order valence-electron chi connectivity index (χ0n) is 17.3. The molecule has 1 N–H and O–H groups in total. The van der Waals surface area contributed by atoms with Crippen LogP contribution in [0.1, 0.15) is 53.2 Å². The van der Waals surface area contributed by atoms with Crippen molar-refractivity contribution in [2.24, 2.45) is 0 Å². The number of nitrogens with zero attached hydrogens (tertiary/aromatic N) is 4. The van der Waals surface area contributed by atoms with Crippen LogP contribution in [-0.2, 0) is 4.74 Å². The third-order valence-electron chi connectivity index (χ3n) is 4.64. The lowest BCUT2D eigenvalue weighted by molar-refractivity contribution is 0.0518. The predicted molar refractivity (Wildman–Crippen MR) is 113 cm³/mol. The lowest BCUT2D eigenvalue weighted by atomic mass is 10.1. The van der Waals surface area contributed by atoms with Crippen molar-refractivity contribution in [3.63, 3.8) is 0 Å². The molecule has 0 atom stereocenters. The molecule has 1 aromatic carbocycles. The number of hydrogen-bond acceptors (Lipinski definition) is 7. The summed E-state index contributed by atoms with van der Waals surface area (Å²) in [4.78, 5) is 29.1. The Balaban J connectivity index is 1.62. The van der Waals surface area contributed by atoms with Gasteiger partial charge in [-0.05, 0) is 37.1 Å². The molecule has 0 radical (unpaired) electrons. The minimum absolute atomic E-state index is 0.135. The third kappa shape index (κ3) is 4.02. The minimum atomic E-state index is -0.503. The van der Waals surface area contributed by atoms with E-state index in [4.69, 9.17) is 9.26 Å². The molecule has 0 spiro atoms. The Labute approximate surface area is 178 Å². The topological polar surface area (TPSA) is 112 Å². The second kappa shape index (κ2) is 8.39. The molecule has 31 heavy (non-hydrogen) atoms. The van der Waals surface area contributed by atoms with Crippen molar-refractivity contribution in [3.05, 3.63) is 65.7 Å². The molecule has 0 saturated carbocycles. The summed E-state index contributed by atoms with van der Waals surface area (Å²) in [6.07, 6.45) is 3.08. The maximum absolute atomic E-state index is 12.9. The zero-order valence-corrected chi connectivity index (χ0v) is 17.3. The molecule has 0 aliphatic carbocycles. The fourth-order valence-corrected chi connectivity index (χ4v) is 3.14. The number of nitrogens with one attached hydrogen (secondary N) is 1. The van der Waals surface area contributed by atoms with Gasteiger partial charge in [0, 0.05) is 12.4 Å². The molecule has 4 rings (SSSR count). The zero-order chi connectivity index (χ0) is 22.0. The second-order valence-corrected chi connectivity index (χ2v) is 7.14. The van der Waals surface area contributed by atoms with Crippen LogP contribution in [0.15, 0.2) is 53.3 Å². The van der Waals surface area contributed by atoms with Crippen LogP contribution < -0.4 is 5.32 Å². The standard InChI is InChI=1S/C22H21N5O4/c1-4-30-22(29)17-9-10-27(25-17)18-8-6-5-7-16(18)24-20(28)14-11-15-19(13(2)3)26-31-21(15)23-12-14/h5-13H,4H2,1-3H3,(H,24,28). The Bertz CT molecular complexity index is 1260. The van der Waals surface area contributed by atoms with Gasteiger partial charge in [-0.25, -0.2) is 14.5 Å². The van der Waals surface area contributed by atoms with Gasteiger partial charge in [0.05, 0.1) is 34.6 Å². The van der Waals surface area contributed by atoms with Crippen LogP contribution in [0.2, 0.25) is 0 Å². The highest BCUT2D eigenvalue weighted by molar-refractivity contribution is 6.06. The van der Waals surface area contributed by atoms with Crippen LogP contribution in [0, 0.1) is 0 Å². The van der Waals surface area contributed by atoms with Crippen LogP contribution in [0.25, 0.3) is 16.8 Å². The van der Waals surface area contributed by atoms with Crippen molar-refractivity contribution < 1.29 is 18.8 Å². The van der Waals surface area contributed by atoms with E-state index in [2.05, 4.69) is 20.6 Å². The van der Waals surface area contributed by atoms with Gasteiger partial charge in [0.15, 0.2) is 5.69 Å². The van der Waals surface area contributed by atoms with E-state index in [1.54, 1.807) is 43.5 Å². The first-order valence-electron chi connectivity index (χ1n) is 9.86. The van der Waals surface area contributed by atoms with E-state index >= 15 is 0 Å². The highest BCUT2D eigenvalue weighted by atomic mass is 16.5. The molecule has 0 bridgehead atoms. The summed E-state index contributed by atoms with van der Waals surface area (Å²) in [6, 6.07) is 10.4. The van der Waals surface area contributed by atoms with Crippen molar-refractivity contribution >= 4 is 28.7 Å². The first-order valence-corrected chi connectivity index (χ1v) is 9.86. The summed E-state index contributed by atoms with van der Waals surface area (Å²) in [7, 11) is 0. The number of rotatable bonds is 6. The first kappa shape index (κ1) is 20.3. The Morgan fingerprint density at radius 3 is 2.81 bits per heavy atom. The molecule has 0 saturated heterocycles. The number of benzene rings is 1. The van der Waals surface area contributed by atoms with Crippen molar-refractivity contribution in [2.75, 3.05) is 11.9 Å². The van der Waals surface area contributed by atoms with Crippen LogP contribution in [-0.4, -0.2) is 38.4 Å². The van der Waals surface area contributed by atoms with E-state index in [-0.39, 0.29) is 24.1 Å². The Morgan fingerprint density at radius 1 is 1.23 bits per heavy atom. The van der Waals surface area contributed by atoms with Gasteiger partial charge >= 0.3 is 5.97 Å². The summed E-state index contributed by atoms with van der Waals surface area (Å²) < 4.78 is 11.7. The van der Waals surface area contributed by atoms with Gasteiger partial charge in [0.25, 0.3) is 11.6 Å². The molecule has 3 aromatic heterocycles. The van der Waals surface area contributed by atoms with E-state index in [1.807, 2.05) is 19.9 Å². The van der Waals surface area contributed by atoms with Crippen LogP contribution in [0.3, 0.4) is 0 Å². The normalized spacial score (nSPS) is 11.1. The fourth-order valence-electron chi connectivity index (χ4n) is 3.14. The monoisotopic (exact) mass is 419 g/mol. The fraction of sp³-hybridized carbons (Fsp3) is 0.227. The first-order chi connectivity index (χ1) is 15.0. The molecule has 0 aliphatic rings. The molecular formula is C22H21N5O4. The summed E-state index contributed by atoms with van der Waals surface area (Å²) in [5.74, 6) is -0.706. The summed E-state index contributed by atoms with van der Waals surface area (Å²) in [5, 5.41) is 11.9. The van der Waals surface area contributed by atoms with Gasteiger partial charge in [-0.15, -0.1) is 0 Å². The number of para-hydroxylation sites is 2. The summed E-state index contributed by atoms with van der Waals surface area (Å²) >= 11 is 0.